The molecular formula is C20H29NO5. The van der Waals surface area contributed by atoms with Gasteiger partial charge in [0.25, 0.3) is 0 Å². The van der Waals surface area contributed by atoms with Gasteiger partial charge in [0, 0.05) is 25.1 Å². The van der Waals surface area contributed by atoms with E-state index in [9.17, 15) is 9.59 Å². The summed E-state index contributed by atoms with van der Waals surface area (Å²) in [5, 5.41) is 0. The number of morpholine rings is 1. The van der Waals surface area contributed by atoms with E-state index in [1.807, 2.05) is 24.8 Å². The van der Waals surface area contributed by atoms with Crippen molar-refractivity contribution in [2.24, 2.45) is 0 Å². The molecule has 1 aliphatic heterocycles. The van der Waals surface area contributed by atoms with Gasteiger partial charge in [0.2, 0.25) is 5.91 Å². The Labute approximate surface area is 155 Å². The number of ether oxygens (including phenoxy) is 3. The van der Waals surface area contributed by atoms with Crippen LogP contribution in [0.3, 0.4) is 0 Å². The van der Waals surface area contributed by atoms with Crippen molar-refractivity contribution < 1.29 is 23.8 Å². The van der Waals surface area contributed by atoms with Crippen LogP contribution in [0.25, 0.3) is 0 Å². The summed E-state index contributed by atoms with van der Waals surface area (Å²) in [6.45, 7) is 7.65. The average molecular weight is 363 g/mol. The molecule has 0 unspecified atom stereocenters. The lowest BCUT2D eigenvalue weighted by Gasteiger charge is -2.26. The van der Waals surface area contributed by atoms with E-state index < -0.39 is 0 Å². The zero-order chi connectivity index (χ0) is 18.8. The van der Waals surface area contributed by atoms with Crippen molar-refractivity contribution in [1.82, 2.24) is 4.90 Å². The Morgan fingerprint density at radius 2 is 1.96 bits per heavy atom. The molecule has 0 aromatic heterocycles. The van der Waals surface area contributed by atoms with Gasteiger partial charge < -0.3 is 19.1 Å². The molecule has 1 amide bonds. The maximum Gasteiger partial charge on any atom is 0.222 e. The summed E-state index contributed by atoms with van der Waals surface area (Å²) in [6, 6.07) is 3.53. The summed E-state index contributed by atoms with van der Waals surface area (Å²) in [5.41, 5.74) is 1.36. The minimum atomic E-state index is 0.174. The molecule has 0 bridgehead atoms. The third kappa shape index (κ3) is 5.73. The molecule has 0 aliphatic carbocycles. The van der Waals surface area contributed by atoms with Crippen molar-refractivity contribution in [2.75, 3.05) is 39.5 Å². The monoisotopic (exact) mass is 363 g/mol. The van der Waals surface area contributed by atoms with Crippen molar-refractivity contribution in [3.63, 3.8) is 0 Å². The van der Waals surface area contributed by atoms with E-state index in [0.717, 1.165) is 36.9 Å². The van der Waals surface area contributed by atoms with Crippen LogP contribution in [0.4, 0.5) is 0 Å². The van der Waals surface area contributed by atoms with Crippen molar-refractivity contribution in [1.29, 1.82) is 0 Å². The molecule has 1 saturated heterocycles. The molecule has 0 spiro atoms. The fourth-order valence-corrected chi connectivity index (χ4v) is 2.87. The smallest absolute Gasteiger partial charge is 0.222 e. The molecule has 1 fully saturated rings. The first kappa shape index (κ1) is 20.2. The van der Waals surface area contributed by atoms with E-state index in [-0.39, 0.29) is 5.91 Å². The minimum absolute atomic E-state index is 0.174. The largest absolute Gasteiger partial charge is 0.493 e. The molecule has 0 radical (unpaired) electrons. The van der Waals surface area contributed by atoms with Crippen molar-refractivity contribution in [3.8, 4) is 11.5 Å². The van der Waals surface area contributed by atoms with Crippen LogP contribution in [0.1, 0.15) is 48.5 Å². The van der Waals surface area contributed by atoms with E-state index >= 15 is 0 Å². The van der Waals surface area contributed by atoms with Gasteiger partial charge in [0.1, 0.15) is 11.5 Å². The molecule has 26 heavy (non-hydrogen) atoms. The summed E-state index contributed by atoms with van der Waals surface area (Å²) >= 11 is 0. The average Bonchev–Trinajstić information content (AvgIpc) is 2.68. The van der Waals surface area contributed by atoms with Gasteiger partial charge in [-0.25, -0.2) is 0 Å². The zero-order valence-corrected chi connectivity index (χ0v) is 15.8. The predicted octanol–water partition coefficient (Wildman–Crippen LogP) is 3.00. The highest BCUT2D eigenvalue weighted by Crippen LogP contribution is 2.31. The van der Waals surface area contributed by atoms with Crippen LogP contribution in [0, 0.1) is 6.92 Å². The third-order valence-electron chi connectivity index (χ3n) is 4.37. The first-order valence-electron chi connectivity index (χ1n) is 9.37. The van der Waals surface area contributed by atoms with Crippen LogP contribution < -0.4 is 9.47 Å². The zero-order valence-electron chi connectivity index (χ0n) is 15.8. The number of rotatable bonds is 10. The Bertz CT molecular complexity index is 596. The lowest BCUT2D eigenvalue weighted by molar-refractivity contribution is -0.135. The first-order valence-corrected chi connectivity index (χ1v) is 9.37. The second-order valence-corrected chi connectivity index (χ2v) is 6.37. The maximum atomic E-state index is 12.1. The summed E-state index contributed by atoms with van der Waals surface area (Å²) in [6.07, 6.45) is 3.75. The number of hydrogen-bond acceptors (Lipinski definition) is 5. The molecule has 0 saturated carbocycles. The summed E-state index contributed by atoms with van der Waals surface area (Å²) in [7, 11) is 0. The van der Waals surface area contributed by atoms with Crippen LogP contribution in [-0.4, -0.2) is 56.6 Å². The van der Waals surface area contributed by atoms with E-state index in [1.54, 1.807) is 6.07 Å². The third-order valence-corrected chi connectivity index (χ3v) is 4.37. The number of carbonyl (C=O) groups excluding carboxylic acids is 2. The van der Waals surface area contributed by atoms with Gasteiger partial charge in [-0.15, -0.1) is 0 Å². The Kier molecular flexibility index (Phi) is 8.41. The van der Waals surface area contributed by atoms with Crippen molar-refractivity contribution in [3.05, 3.63) is 23.3 Å². The number of amides is 1. The van der Waals surface area contributed by atoms with E-state index in [4.69, 9.17) is 14.2 Å². The van der Waals surface area contributed by atoms with E-state index in [2.05, 4.69) is 0 Å². The van der Waals surface area contributed by atoms with Gasteiger partial charge in [-0.2, -0.15) is 0 Å². The summed E-state index contributed by atoms with van der Waals surface area (Å²) in [5.74, 6) is 1.50. The van der Waals surface area contributed by atoms with Gasteiger partial charge >= 0.3 is 0 Å². The van der Waals surface area contributed by atoms with E-state index in [1.165, 1.54) is 0 Å². The molecule has 6 nitrogen and oxygen atoms in total. The quantitative estimate of drug-likeness (QED) is 0.472. The highest BCUT2D eigenvalue weighted by molar-refractivity contribution is 5.81. The second-order valence-electron chi connectivity index (χ2n) is 6.37. The molecule has 1 aromatic rings. The van der Waals surface area contributed by atoms with Crippen molar-refractivity contribution in [2.45, 2.75) is 39.5 Å². The Balaban J connectivity index is 1.80. The van der Waals surface area contributed by atoms with Crippen LogP contribution in [0.2, 0.25) is 0 Å². The molecule has 1 aromatic carbocycles. The standard InChI is InChI=1S/C20H29NO5/c1-3-11-25-18-8-7-17(15-22)20(16(18)2)26-12-5-4-6-19(23)21-9-13-24-14-10-21/h7-8,15H,3-6,9-14H2,1-2H3. The topological polar surface area (TPSA) is 65.1 Å². The molecule has 1 heterocycles. The predicted molar refractivity (Wildman–Crippen MR) is 99.1 cm³/mol. The normalized spacial score (nSPS) is 14.2. The second kappa shape index (κ2) is 10.8. The molecule has 0 atom stereocenters. The van der Waals surface area contributed by atoms with Crippen LogP contribution in [0.15, 0.2) is 12.1 Å². The fourth-order valence-electron chi connectivity index (χ4n) is 2.87. The number of carbonyl (C=O) groups is 2. The SMILES string of the molecule is CCCOc1ccc(C=O)c(OCCCCC(=O)N2CCOCC2)c1C. The van der Waals surface area contributed by atoms with Gasteiger partial charge in [0.15, 0.2) is 6.29 Å². The van der Waals surface area contributed by atoms with Crippen LogP contribution in [-0.2, 0) is 9.53 Å². The number of hydrogen-bond donors (Lipinski definition) is 0. The Morgan fingerprint density at radius 3 is 2.65 bits per heavy atom. The highest BCUT2D eigenvalue weighted by Gasteiger charge is 2.16. The van der Waals surface area contributed by atoms with E-state index in [0.29, 0.717) is 57.3 Å². The lowest BCUT2D eigenvalue weighted by Crippen LogP contribution is -2.40. The highest BCUT2D eigenvalue weighted by atomic mass is 16.5. The Morgan fingerprint density at radius 1 is 1.19 bits per heavy atom. The van der Waals surface area contributed by atoms with Crippen molar-refractivity contribution >= 4 is 12.2 Å². The van der Waals surface area contributed by atoms with Gasteiger partial charge in [-0.1, -0.05) is 6.92 Å². The molecular weight excluding hydrogens is 334 g/mol. The van der Waals surface area contributed by atoms with Crippen LogP contribution in [0.5, 0.6) is 11.5 Å². The molecule has 1 aliphatic rings. The molecule has 144 valence electrons. The molecule has 2 rings (SSSR count). The van der Waals surface area contributed by atoms with Gasteiger partial charge in [-0.3, -0.25) is 9.59 Å². The van der Waals surface area contributed by atoms with Crippen LogP contribution >= 0.6 is 0 Å². The maximum absolute atomic E-state index is 12.1. The minimum Gasteiger partial charge on any atom is -0.493 e. The summed E-state index contributed by atoms with van der Waals surface area (Å²) < 4.78 is 16.8. The van der Waals surface area contributed by atoms with Gasteiger partial charge in [0.05, 0.1) is 32.0 Å². The molecule has 6 heteroatoms. The number of nitrogens with zero attached hydrogens (tertiary/aromatic N) is 1. The van der Waals surface area contributed by atoms with Gasteiger partial charge in [-0.05, 0) is 38.3 Å². The molecule has 0 N–H and O–H groups in total. The Hall–Kier alpha value is -2.08. The lowest BCUT2D eigenvalue weighted by atomic mass is 10.1. The number of benzene rings is 1. The summed E-state index contributed by atoms with van der Waals surface area (Å²) in [4.78, 5) is 25.2. The number of unbranched alkanes of at least 4 members (excludes halogenated alkanes) is 1. The first-order chi connectivity index (χ1) is 12.7. The number of aldehydes is 1. The fraction of sp³-hybridized carbons (Fsp3) is 0.600.